The maximum absolute atomic E-state index is 9.85. The summed E-state index contributed by atoms with van der Waals surface area (Å²) < 4.78 is 0. The summed E-state index contributed by atoms with van der Waals surface area (Å²) in [5, 5.41) is 9.85. The zero-order chi connectivity index (χ0) is 9.68. The van der Waals surface area contributed by atoms with Crippen molar-refractivity contribution in [2.45, 2.75) is 39.5 Å². The van der Waals surface area contributed by atoms with Crippen molar-refractivity contribution in [1.82, 2.24) is 0 Å². The summed E-state index contributed by atoms with van der Waals surface area (Å²) in [7, 11) is 0. The first-order valence-corrected chi connectivity index (χ1v) is 5.09. The topological polar surface area (TPSA) is 20.2 Å². The summed E-state index contributed by atoms with van der Waals surface area (Å²) in [6.45, 7) is 4.26. The van der Waals surface area contributed by atoms with Crippen molar-refractivity contribution in [1.29, 1.82) is 0 Å². The van der Waals surface area contributed by atoms with Crippen LogP contribution in [0.15, 0.2) is 18.2 Å². The number of aromatic hydroxyl groups is 1. The van der Waals surface area contributed by atoms with Gasteiger partial charge in [0.05, 0.1) is 0 Å². The fourth-order valence-electron chi connectivity index (χ4n) is 1.59. The molecule has 0 saturated heterocycles. The molecule has 2 heteroatoms. The van der Waals surface area contributed by atoms with Crippen molar-refractivity contribution in [3.8, 4) is 5.75 Å². The van der Waals surface area contributed by atoms with Crippen molar-refractivity contribution in [2.24, 2.45) is 0 Å². The van der Waals surface area contributed by atoms with Gasteiger partial charge in [-0.3, -0.25) is 0 Å². The first-order chi connectivity index (χ1) is 6.29. The number of hydrogen-bond acceptors (Lipinski definition) is 1. The number of phenols is 1. The number of rotatable bonds is 4. The molecular weight excluding hydrogens is 183 g/mol. The van der Waals surface area contributed by atoms with Crippen LogP contribution in [0.3, 0.4) is 0 Å². The molecule has 0 aliphatic carbocycles. The molecule has 0 unspecified atom stereocenters. The summed E-state index contributed by atoms with van der Waals surface area (Å²) in [5.41, 5.74) is 2.18. The molecule has 1 radical (unpaired) electrons. The van der Waals surface area contributed by atoms with E-state index in [2.05, 4.69) is 13.8 Å². The maximum atomic E-state index is 9.85. The Hall–Kier alpha value is 0.0200. The van der Waals surface area contributed by atoms with E-state index in [1.54, 1.807) is 0 Å². The molecule has 0 aliphatic heterocycles. The molecule has 1 nitrogen and oxygen atoms in total. The molecule has 73 valence electrons. The van der Waals surface area contributed by atoms with E-state index in [0.29, 0.717) is 5.75 Å². The average Bonchev–Trinajstić information content (AvgIpc) is 2.13. The molecule has 1 rings (SSSR count). The third-order valence-electron chi connectivity index (χ3n) is 2.24. The van der Waals surface area contributed by atoms with E-state index in [9.17, 15) is 5.11 Å². The molecule has 14 heavy (non-hydrogen) atoms. The molecule has 0 saturated carbocycles. The molecule has 1 aromatic carbocycles. The molecular formula is C12H18NaO. The number of hydrogen-bond donors (Lipinski definition) is 1. The molecule has 0 aromatic heterocycles. The van der Waals surface area contributed by atoms with Crippen LogP contribution in [0.5, 0.6) is 5.75 Å². The predicted octanol–water partition coefficient (Wildman–Crippen LogP) is 2.92. The van der Waals surface area contributed by atoms with Gasteiger partial charge in [0.1, 0.15) is 5.75 Å². The van der Waals surface area contributed by atoms with E-state index in [-0.39, 0.29) is 29.6 Å². The summed E-state index contributed by atoms with van der Waals surface area (Å²) >= 11 is 0. The summed E-state index contributed by atoms with van der Waals surface area (Å²) in [5.74, 6) is 0.520. The zero-order valence-electron chi connectivity index (χ0n) is 9.51. The second-order valence-corrected chi connectivity index (χ2v) is 3.42. The van der Waals surface area contributed by atoms with Crippen molar-refractivity contribution < 1.29 is 5.11 Å². The number of phenolic OH excluding ortho intramolecular Hbond substituents is 1. The predicted molar refractivity (Wildman–Crippen MR) is 61.9 cm³/mol. The second kappa shape index (κ2) is 7.33. The van der Waals surface area contributed by atoms with Crippen LogP contribution in [0.1, 0.15) is 37.8 Å². The van der Waals surface area contributed by atoms with Gasteiger partial charge in [0, 0.05) is 29.6 Å². The smallest absolute Gasteiger partial charge is 0.121 e. The van der Waals surface area contributed by atoms with Gasteiger partial charge >= 0.3 is 0 Å². The van der Waals surface area contributed by atoms with Crippen LogP contribution >= 0.6 is 0 Å². The quantitative estimate of drug-likeness (QED) is 0.743. The third-order valence-corrected chi connectivity index (χ3v) is 2.24. The van der Waals surface area contributed by atoms with Crippen LogP contribution < -0.4 is 0 Å². The van der Waals surface area contributed by atoms with Gasteiger partial charge in [0.2, 0.25) is 0 Å². The van der Waals surface area contributed by atoms with Gasteiger partial charge in [0.15, 0.2) is 0 Å². The number of benzene rings is 1. The first kappa shape index (κ1) is 14.0. The molecule has 0 heterocycles. The molecule has 0 spiro atoms. The van der Waals surface area contributed by atoms with Crippen LogP contribution in [-0.4, -0.2) is 34.7 Å². The van der Waals surface area contributed by atoms with Gasteiger partial charge in [-0.15, -0.1) is 0 Å². The van der Waals surface area contributed by atoms with Crippen LogP contribution in [0.25, 0.3) is 0 Å². The Kier molecular flexibility index (Phi) is 7.34. The van der Waals surface area contributed by atoms with E-state index in [1.165, 1.54) is 0 Å². The Morgan fingerprint density at radius 3 is 1.79 bits per heavy atom. The molecule has 0 bridgehead atoms. The third kappa shape index (κ3) is 3.64. The summed E-state index contributed by atoms with van der Waals surface area (Å²) in [6.07, 6.45) is 4.12. The average molecular weight is 201 g/mol. The molecule has 1 N–H and O–H groups in total. The van der Waals surface area contributed by atoms with Crippen LogP contribution in [0, 0.1) is 0 Å². The molecule has 0 aliphatic rings. The molecule has 1 aromatic rings. The Morgan fingerprint density at radius 2 is 1.43 bits per heavy atom. The normalized spacial score (nSPS) is 9.57. The van der Waals surface area contributed by atoms with Crippen molar-refractivity contribution >= 4 is 29.6 Å². The van der Waals surface area contributed by atoms with E-state index in [4.69, 9.17) is 0 Å². The zero-order valence-corrected chi connectivity index (χ0v) is 11.5. The number of aryl methyl sites for hydroxylation is 2. The first-order valence-electron chi connectivity index (χ1n) is 5.09. The van der Waals surface area contributed by atoms with E-state index in [0.717, 1.165) is 36.8 Å². The van der Waals surface area contributed by atoms with Gasteiger partial charge in [-0.25, -0.2) is 0 Å². The standard InChI is InChI=1S/C12H18O.Na/c1-3-6-10-8-5-9-11(7-4-2)12(10)13;/h5,8-9,13H,3-4,6-7H2,1-2H3;. The fraction of sp³-hybridized carbons (Fsp3) is 0.500. The Morgan fingerprint density at radius 1 is 1.00 bits per heavy atom. The Balaban J connectivity index is 0.00000169. The minimum absolute atomic E-state index is 0. The Labute approximate surface area is 109 Å². The molecule has 0 amide bonds. The minimum atomic E-state index is 0. The van der Waals surface area contributed by atoms with E-state index in [1.807, 2.05) is 18.2 Å². The molecule has 0 fully saturated rings. The van der Waals surface area contributed by atoms with E-state index >= 15 is 0 Å². The van der Waals surface area contributed by atoms with Gasteiger partial charge in [0.25, 0.3) is 0 Å². The van der Waals surface area contributed by atoms with Gasteiger partial charge in [-0.2, -0.15) is 0 Å². The van der Waals surface area contributed by atoms with Gasteiger partial charge in [-0.05, 0) is 24.0 Å². The van der Waals surface area contributed by atoms with Crippen LogP contribution in [-0.2, 0) is 12.8 Å². The van der Waals surface area contributed by atoms with Crippen molar-refractivity contribution in [2.75, 3.05) is 0 Å². The summed E-state index contributed by atoms with van der Waals surface area (Å²) in [4.78, 5) is 0. The maximum Gasteiger partial charge on any atom is 0.121 e. The largest absolute Gasteiger partial charge is 0.507 e. The van der Waals surface area contributed by atoms with E-state index < -0.39 is 0 Å². The van der Waals surface area contributed by atoms with Gasteiger partial charge < -0.3 is 5.11 Å². The SMILES string of the molecule is CCCc1cccc(CCC)c1O.[Na]. The molecule has 0 atom stereocenters. The number of para-hydroxylation sites is 1. The Bertz CT molecular complexity index is 247. The second-order valence-electron chi connectivity index (χ2n) is 3.42. The summed E-state index contributed by atoms with van der Waals surface area (Å²) in [6, 6.07) is 6.06. The van der Waals surface area contributed by atoms with Gasteiger partial charge in [-0.1, -0.05) is 44.9 Å². The van der Waals surface area contributed by atoms with Crippen molar-refractivity contribution in [3.63, 3.8) is 0 Å². The fourth-order valence-corrected chi connectivity index (χ4v) is 1.59. The van der Waals surface area contributed by atoms with Crippen LogP contribution in [0.4, 0.5) is 0 Å². The monoisotopic (exact) mass is 201 g/mol. The van der Waals surface area contributed by atoms with Crippen molar-refractivity contribution in [3.05, 3.63) is 29.3 Å². The van der Waals surface area contributed by atoms with Crippen LogP contribution in [0.2, 0.25) is 0 Å². The minimum Gasteiger partial charge on any atom is -0.507 e.